The van der Waals surface area contributed by atoms with E-state index in [-0.39, 0.29) is 5.57 Å². The highest BCUT2D eigenvalue weighted by Gasteiger charge is 2.11. The number of nitriles is 1. The Morgan fingerprint density at radius 2 is 1.50 bits per heavy atom. The van der Waals surface area contributed by atoms with Gasteiger partial charge in [0.05, 0.1) is 4.47 Å². The van der Waals surface area contributed by atoms with Crippen LogP contribution in [-0.4, -0.2) is 5.91 Å². The van der Waals surface area contributed by atoms with Crippen LogP contribution in [0.2, 0.25) is 0 Å². The first-order valence-electron chi connectivity index (χ1n) is 11.8. The second kappa shape index (κ2) is 13.1. The van der Waals surface area contributed by atoms with Gasteiger partial charge in [-0.3, -0.25) is 4.79 Å². The third kappa shape index (κ3) is 7.82. The predicted octanol–water partition coefficient (Wildman–Crippen LogP) is 8.22. The van der Waals surface area contributed by atoms with Gasteiger partial charge in [-0.25, -0.2) is 0 Å². The van der Waals surface area contributed by atoms with Crippen molar-refractivity contribution in [3.8, 4) is 17.6 Å². The predicted molar refractivity (Wildman–Crippen MR) is 157 cm³/mol. The minimum atomic E-state index is -0.493. The number of carbonyl (C=O) groups is 1. The van der Waals surface area contributed by atoms with Crippen molar-refractivity contribution in [2.75, 3.05) is 5.32 Å². The highest BCUT2D eigenvalue weighted by Crippen LogP contribution is 2.28. The maximum absolute atomic E-state index is 12.7. The highest BCUT2D eigenvalue weighted by atomic mass is 79.9. The third-order valence-corrected chi connectivity index (χ3v) is 6.73. The fraction of sp³-hybridized carbons (Fsp3) is 0.0968. The Labute approximate surface area is 239 Å². The Kier molecular flexibility index (Phi) is 9.36. The highest BCUT2D eigenvalue weighted by molar-refractivity contribution is 9.10. The lowest BCUT2D eigenvalue weighted by Gasteiger charge is -2.10. The number of carbonyl (C=O) groups excluding carboxylic acids is 1. The molecule has 4 aromatic carbocycles. The number of aryl methyl sites for hydroxylation is 1. The molecule has 0 aliphatic heterocycles. The van der Waals surface area contributed by atoms with Crippen LogP contribution in [0.3, 0.4) is 0 Å². The SMILES string of the molecule is Cc1ccc(COc2ccc(NC(=O)/C(C#N)=C/c3ccc(OCc4ccc(Br)cc4)c(Br)c3)cc2)cc1. The van der Waals surface area contributed by atoms with E-state index in [2.05, 4.69) is 37.2 Å². The number of ether oxygens (including phenoxy) is 2. The van der Waals surface area contributed by atoms with Crippen LogP contribution in [0.4, 0.5) is 5.69 Å². The Balaban J connectivity index is 1.34. The Morgan fingerprint density at radius 1 is 0.868 bits per heavy atom. The van der Waals surface area contributed by atoms with Crippen LogP contribution in [0.25, 0.3) is 6.08 Å². The van der Waals surface area contributed by atoms with Crippen LogP contribution in [0, 0.1) is 18.3 Å². The molecule has 190 valence electrons. The summed E-state index contributed by atoms with van der Waals surface area (Å²) in [5.74, 6) is 0.858. The van der Waals surface area contributed by atoms with Crippen LogP contribution >= 0.6 is 31.9 Å². The lowest BCUT2D eigenvalue weighted by atomic mass is 10.1. The van der Waals surface area contributed by atoms with Gasteiger partial charge in [0.25, 0.3) is 5.91 Å². The van der Waals surface area contributed by atoms with Crippen LogP contribution in [-0.2, 0) is 18.0 Å². The number of amides is 1. The quantitative estimate of drug-likeness (QED) is 0.149. The summed E-state index contributed by atoms with van der Waals surface area (Å²) in [6, 6.07) is 30.5. The normalized spacial score (nSPS) is 10.9. The fourth-order valence-corrected chi connectivity index (χ4v) is 4.24. The molecule has 7 heteroatoms. The number of nitrogens with one attached hydrogen (secondary N) is 1. The Bertz CT molecular complexity index is 1470. The topological polar surface area (TPSA) is 71.3 Å². The molecule has 1 amide bonds. The Hall–Kier alpha value is -3.86. The number of nitrogens with zero attached hydrogens (tertiary/aromatic N) is 1. The van der Waals surface area contributed by atoms with Crippen molar-refractivity contribution in [2.24, 2.45) is 0 Å². The number of rotatable bonds is 9. The van der Waals surface area contributed by atoms with Gasteiger partial charge in [-0.15, -0.1) is 0 Å². The van der Waals surface area contributed by atoms with E-state index in [1.54, 1.807) is 36.4 Å². The minimum absolute atomic E-state index is 0.0138. The average Bonchev–Trinajstić information content (AvgIpc) is 2.92. The number of hydrogen-bond acceptors (Lipinski definition) is 4. The van der Waals surface area contributed by atoms with Crippen LogP contribution < -0.4 is 14.8 Å². The molecular weight excluding hydrogens is 608 g/mol. The largest absolute Gasteiger partial charge is 0.489 e. The second-order valence-electron chi connectivity index (χ2n) is 8.53. The maximum atomic E-state index is 12.7. The van der Waals surface area contributed by atoms with E-state index in [1.165, 1.54) is 11.6 Å². The lowest BCUT2D eigenvalue weighted by Crippen LogP contribution is -2.13. The van der Waals surface area contributed by atoms with Crippen molar-refractivity contribution in [1.29, 1.82) is 5.26 Å². The molecule has 0 saturated heterocycles. The summed E-state index contributed by atoms with van der Waals surface area (Å²) in [6.45, 7) is 2.92. The van der Waals surface area contributed by atoms with Gasteiger partial charge in [-0.05, 0) is 94.2 Å². The molecule has 1 N–H and O–H groups in total. The van der Waals surface area contributed by atoms with Gasteiger partial charge in [0.2, 0.25) is 0 Å². The molecule has 4 rings (SSSR count). The summed E-state index contributed by atoms with van der Waals surface area (Å²) in [4.78, 5) is 12.7. The number of halogens is 2. The van der Waals surface area contributed by atoms with E-state index in [0.717, 1.165) is 20.1 Å². The average molecular weight is 632 g/mol. The van der Waals surface area contributed by atoms with Gasteiger partial charge in [-0.2, -0.15) is 5.26 Å². The van der Waals surface area contributed by atoms with Crippen LogP contribution in [0.5, 0.6) is 11.5 Å². The van der Waals surface area contributed by atoms with Gasteiger partial charge in [0, 0.05) is 10.2 Å². The standard InChI is InChI=1S/C31H24Br2N2O3/c1-21-2-4-22(5-3-21)19-37-28-13-11-27(12-14-28)35-31(36)25(18-34)16-24-8-15-30(29(33)17-24)38-20-23-6-9-26(32)10-7-23/h2-17H,19-20H2,1H3,(H,35,36)/b25-16+. The first-order valence-corrected chi connectivity index (χ1v) is 13.4. The first-order chi connectivity index (χ1) is 18.4. The van der Waals surface area contributed by atoms with Gasteiger partial charge in [-0.1, -0.05) is 64.0 Å². The molecule has 0 bridgehead atoms. The third-order valence-electron chi connectivity index (χ3n) is 5.58. The molecular formula is C31H24Br2N2O3. The molecule has 0 aliphatic rings. The monoisotopic (exact) mass is 630 g/mol. The Morgan fingerprint density at radius 3 is 2.13 bits per heavy atom. The van der Waals surface area contributed by atoms with Gasteiger partial charge in [0.1, 0.15) is 36.4 Å². The van der Waals surface area contributed by atoms with E-state index < -0.39 is 5.91 Å². The van der Waals surface area contributed by atoms with Crippen molar-refractivity contribution < 1.29 is 14.3 Å². The van der Waals surface area contributed by atoms with E-state index in [1.807, 2.05) is 67.6 Å². The van der Waals surface area contributed by atoms with Gasteiger partial charge < -0.3 is 14.8 Å². The van der Waals surface area contributed by atoms with Crippen molar-refractivity contribution in [2.45, 2.75) is 20.1 Å². The number of benzene rings is 4. The molecule has 0 fully saturated rings. The van der Waals surface area contributed by atoms with Gasteiger partial charge in [0.15, 0.2) is 0 Å². The molecule has 0 aliphatic carbocycles. The molecule has 5 nitrogen and oxygen atoms in total. The van der Waals surface area contributed by atoms with Crippen molar-refractivity contribution >= 4 is 49.5 Å². The molecule has 0 heterocycles. The maximum Gasteiger partial charge on any atom is 0.266 e. The summed E-state index contributed by atoms with van der Waals surface area (Å²) < 4.78 is 13.4. The molecule has 0 aromatic heterocycles. The van der Waals surface area contributed by atoms with E-state index in [0.29, 0.717) is 36.0 Å². The first kappa shape index (κ1) is 27.2. The number of anilines is 1. The zero-order chi connectivity index (χ0) is 26.9. The summed E-state index contributed by atoms with van der Waals surface area (Å²) in [7, 11) is 0. The molecule has 38 heavy (non-hydrogen) atoms. The van der Waals surface area contributed by atoms with Crippen molar-refractivity contribution in [3.63, 3.8) is 0 Å². The smallest absolute Gasteiger partial charge is 0.266 e. The summed E-state index contributed by atoms with van der Waals surface area (Å²) in [5, 5.41) is 12.4. The zero-order valence-electron chi connectivity index (χ0n) is 20.6. The summed E-state index contributed by atoms with van der Waals surface area (Å²) >= 11 is 6.94. The lowest BCUT2D eigenvalue weighted by molar-refractivity contribution is -0.112. The summed E-state index contributed by atoms with van der Waals surface area (Å²) in [6.07, 6.45) is 1.54. The zero-order valence-corrected chi connectivity index (χ0v) is 23.8. The molecule has 0 atom stereocenters. The van der Waals surface area contributed by atoms with E-state index in [9.17, 15) is 10.1 Å². The molecule has 0 saturated carbocycles. The fourth-order valence-electron chi connectivity index (χ4n) is 3.46. The second-order valence-corrected chi connectivity index (χ2v) is 10.3. The van der Waals surface area contributed by atoms with Crippen LogP contribution in [0.1, 0.15) is 22.3 Å². The minimum Gasteiger partial charge on any atom is -0.489 e. The molecule has 0 unspecified atom stereocenters. The summed E-state index contributed by atoms with van der Waals surface area (Å²) in [5.41, 5.74) is 4.56. The van der Waals surface area contributed by atoms with Crippen molar-refractivity contribution in [3.05, 3.63) is 128 Å². The van der Waals surface area contributed by atoms with E-state index in [4.69, 9.17) is 9.47 Å². The molecule has 4 aromatic rings. The van der Waals surface area contributed by atoms with Crippen LogP contribution in [0.15, 0.2) is 106 Å². The molecule has 0 radical (unpaired) electrons. The van der Waals surface area contributed by atoms with Crippen molar-refractivity contribution in [1.82, 2.24) is 0 Å². The molecule has 0 spiro atoms. The van der Waals surface area contributed by atoms with E-state index >= 15 is 0 Å². The van der Waals surface area contributed by atoms with Gasteiger partial charge >= 0.3 is 0 Å². The number of hydrogen-bond donors (Lipinski definition) is 1.